The molecule has 33 heavy (non-hydrogen) atoms. The minimum absolute atomic E-state index is 0.130. The van der Waals surface area contributed by atoms with Gasteiger partial charge in [-0.25, -0.2) is 5.43 Å². The number of nitrogens with one attached hydrogen (secondary N) is 1. The second-order valence-electron chi connectivity index (χ2n) is 6.91. The molecular formula is C23H19BrClN3O5. The monoisotopic (exact) mass is 531 g/mol. The number of ether oxygens (including phenoxy) is 2. The van der Waals surface area contributed by atoms with E-state index in [9.17, 15) is 14.9 Å². The number of nitro benzene ring substituents is 1. The second kappa shape index (κ2) is 10.9. The van der Waals surface area contributed by atoms with Crippen LogP contribution in [0.25, 0.3) is 0 Å². The predicted octanol–water partition coefficient (Wildman–Crippen LogP) is 5.67. The fourth-order valence-electron chi connectivity index (χ4n) is 2.87. The van der Waals surface area contributed by atoms with Crippen LogP contribution in [-0.4, -0.2) is 24.2 Å². The minimum atomic E-state index is -0.566. The van der Waals surface area contributed by atoms with Crippen LogP contribution in [0.1, 0.15) is 27.0 Å². The van der Waals surface area contributed by atoms with Crippen molar-refractivity contribution in [3.8, 4) is 11.5 Å². The molecule has 8 nitrogen and oxygen atoms in total. The Kier molecular flexibility index (Phi) is 8.02. The highest BCUT2D eigenvalue weighted by molar-refractivity contribution is 9.10. The number of aryl methyl sites for hydroxylation is 1. The summed E-state index contributed by atoms with van der Waals surface area (Å²) in [4.78, 5) is 22.8. The van der Waals surface area contributed by atoms with Crippen LogP contribution in [0.15, 0.2) is 64.2 Å². The molecule has 0 atom stereocenters. The second-order valence-corrected chi connectivity index (χ2v) is 8.20. The summed E-state index contributed by atoms with van der Waals surface area (Å²) in [7, 11) is 1.52. The number of halogens is 2. The lowest BCUT2D eigenvalue weighted by Crippen LogP contribution is -2.17. The summed E-state index contributed by atoms with van der Waals surface area (Å²) < 4.78 is 12.0. The van der Waals surface area contributed by atoms with E-state index in [0.29, 0.717) is 38.7 Å². The van der Waals surface area contributed by atoms with Crippen LogP contribution in [0.4, 0.5) is 5.69 Å². The molecule has 0 saturated heterocycles. The number of carbonyl (C=O) groups excluding carboxylic acids is 1. The Morgan fingerprint density at radius 3 is 2.61 bits per heavy atom. The van der Waals surface area contributed by atoms with Crippen LogP contribution in [0.2, 0.25) is 5.02 Å². The fourth-order valence-corrected chi connectivity index (χ4v) is 3.57. The Labute approximate surface area is 203 Å². The van der Waals surface area contributed by atoms with E-state index in [1.54, 1.807) is 31.2 Å². The zero-order valence-corrected chi connectivity index (χ0v) is 20.0. The molecule has 1 amide bonds. The lowest BCUT2D eigenvalue weighted by Gasteiger charge is -2.13. The molecule has 0 spiro atoms. The molecule has 3 rings (SSSR count). The first-order valence-electron chi connectivity index (χ1n) is 9.61. The molecule has 0 fully saturated rings. The first kappa shape index (κ1) is 24.2. The zero-order chi connectivity index (χ0) is 24.0. The largest absolute Gasteiger partial charge is 0.493 e. The molecular weight excluding hydrogens is 514 g/mol. The van der Waals surface area contributed by atoms with Gasteiger partial charge >= 0.3 is 0 Å². The number of methoxy groups -OCH3 is 1. The summed E-state index contributed by atoms with van der Waals surface area (Å²) in [5, 5.41) is 15.7. The molecule has 3 aromatic carbocycles. The molecule has 0 aliphatic carbocycles. The van der Waals surface area contributed by atoms with Crippen molar-refractivity contribution in [3.05, 3.63) is 96.5 Å². The molecule has 3 aromatic rings. The number of nitrogens with zero attached hydrogens (tertiary/aromatic N) is 2. The lowest BCUT2D eigenvalue weighted by molar-refractivity contribution is -0.385. The van der Waals surface area contributed by atoms with Crippen molar-refractivity contribution in [2.45, 2.75) is 13.5 Å². The highest BCUT2D eigenvalue weighted by atomic mass is 79.9. The van der Waals surface area contributed by atoms with E-state index in [0.717, 1.165) is 5.56 Å². The quantitative estimate of drug-likeness (QED) is 0.229. The number of hydrazone groups is 1. The molecule has 0 saturated carbocycles. The van der Waals surface area contributed by atoms with Crippen molar-refractivity contribution in [2.75, 3.05) is 7.11 Å². The summed E-state index contributed by atoms with van der Waals surface area (Å²) >= 11 is 9.38. The van der Waals surface area contributed by atoms with Crippen LogP contribution in [-0.2, 0) is 6.61 Å². The molecule has 0 bridgehead atoms. The first-order valence-corrected chi connectivity index (χ1v) is 10.8. The Hall–Kier alpha value is -3.43. The first-order chi connectivity index (χ1) is 15.8. The maximum absolute atomic E-state index is 12.3. The summed E-state index contributed by atoms with van der Waals surface area (Å²) in [6.45, 7) is 1.92. The Morgan fingerprint density at radius 2 is 1.94 bits per heavy atom. The van der Waals surface area contributed by atoms with Crippen molar-refractivity contribution >= 4 is 45.3 Å². The average molecular weight is 533 g/mol. The van der Waals surface area contributed by atoms with Gasteiger partial charge in [-0.3, -0.25) is 14.9 Å². The van der Waals surface area contributed by atoms with Gasteiger partial charge in [-0.1, -0.05) is 29.8 Å². The van der Waals surface area contributed by atoms with Crippen LogP contribution in [0, 0.1) is 17.0 Å². The average Bonchev–Trinajstić information content (AvgIpc) is 2.79. The van der Waals surface area contributed by atoms with Crippen molar-refractivity contribution in [2.24, 2.45) is 5.10 Å². The van der Waals surface area contributed by atoms with Crippen LogP contribution in [0.5, 0.6) is 11.5 Å². The van der Waals surface area contributed by atoms with E-state index >= 15 is 0 Å². The smallest absolute Gasteiger partial charge is 0.273 e. The topological polar surface area (TPSA) is 103 Å². The predicted molar refractivity (Wildman–Crippen MR) is 129 cm³/mol. The SMILES string of the molecule is COc1cc(/C=N/NC(=O)c2ccc(C)c([N+](=O)[O-])c2)cc(Br)c1OCc1ccc(Cl)cc1. The number of amides is 1. The van der Waals surface area contributed by atoms with Crippen molar-refractivity contribution in [3.63, 3.8) is 0 Å². The Balaban J connectivity index is 1.70. The third kappa shape index (κ3) is 6.30. The standard InChI is InChI=1S/C23H19BrClN3O5/c1-14-3-6-17(11-20(14)28(30)31)23(29)27-26-12-16-9-19(24)22(21(10-16)32-2)33-13-15-4-7-18(25)8-5-15/h3-12H,13H2,1-2H3,(H,27,29)/b26-12+. The number of nitro groups is 1. The van der Waals surface area contributed by atoms with Crippen LogP contribution < -0.4 is 14.9 Å². The van der Waals surface area contributed by atoms with E-state index in [1.807, 2.05) is 12.1 Å². The van der Waals surface area contributed by atoms with Crippen molar-refractivity contribution < 1.29 is 19.2 Å². The minimum Gasteiger partial charge on any atom is -0.493 e. The van der Waals surface area contributed by atoms with Crippen LogP contribution in [0.3, 0.4) is 0 Å². The highest BCUT2D eigenvalue weighted by Crippen LogP contribution is 2.37. The van der Waals surface area contributed by atoms with Gasteiger partial charge in [-0.15, -0.1) is 0 Å². The highest BCUT2D eigenvalue weighted by Gasteiger charge is 2.15. The normalized spacial score (nSPS) is 10.8. The fraction of sp³-hybridized carbons (Fsp3) is 0.130. The zero-order valence-electron chi connectivity index (χ0n) is 17.7. The number of hydrogen-bond acceptors (Lipinski definition) is 6. The van der Waals surface area contributed by atoms with Gasteiger partial charge in [0.1, 0.15) is 6.61 Å². The number of hydrogen-bond donors (Lipinski definition) is 1. The van der Waals surface area contributed by atoms with Crippen molar-refractivity contribution in [1.82, 2.24) is 5.43 Å². The molecule has 10 heteroatoms. The molecule has 0 radical (unpaired) electrons. The third-order valence-electron chi connectivity index (χ3n) is 4.60. The van der Waals surface area contributed by atoms with Gasteiger partial charge in [0.2, 0.25) is 0 Å². The summed E-state index contributed by atoms with van der Waals surface area (Å²) in [5.41, 5.74) is 4.41. The van der Waals surface area contributed by atoms with Gasteiger partial charge in [-0.05, 0) is 64.3 Å². The van der Waals surface area contributed by atoms with E-state index in [-0.39, 0.29) is 11.3 Å². The summed E-state index contributed by atoms with van der Waals surface area (Å²) in [6, 6.07) is 15.0. The maximum atomic E-state index is 12.3. The molecule has 170 valence electrons. The summed E-state index contributed by atoms with van der Waals surface area (Å²) in [5.74, 6) is 0.421. The van der Waals surface area contributed by atoms with Gasteiger partial charge in [-0.2, -0.15) is 5.10 Å². The molecule has 1 N–H and O–H groups in total. The van der Waals surface area contributed by atoms with Gasteiger partial charge in [0.05, 0.1) is 22.7 Å². The van der Waals surface area contributed by atoms with Crippen molar-refractivity contribution in [1.29, 1.82) is 0 Å². The van der Waals surface area contributed by atoms with Crippen LogP contribution >= 0.6 is 27.5 Å². The molecule has 0 aliphatic heterocycles. The Bertz CT molecular complexity index is 1220. The van der Waals surface area contributed by atoms with Gasteiger partial charge in [0.25, 0.3) is 11.6 Å². The lowest BCUT2D eigenvalue weighted by atomic mass is 10.1. The van der Waals surface area contributed by atoms with Gasteiger partial charge in [0.15, 0.2) is 11.5 Å². The molecule has 0 heterocycles. The Morgan fingerprint density at radius 1 is 1.21 bits per heavy atom. The van der Waals surface area contributed by atoms with E-state index in [4.69, 9.17) is 21.1 Å². The van der Waals surface area contributed by atoms with E-state index < -0.39 is 10.8 Å². The number of rotatable bonds is 8. The third-order valence-corrected chi connectivity index (χ3v) is 5.44. The number of benzene rings is 3. The molecule has 0 aromatic heterocycles. The molecule has 0 aliphatic rings. The summed E-state index contributed by atoms with van der Waals surface area (Å²) in [6.07, 6.45) is 1.43. The van der Waals surface area contributed by atoms with E-state index in [1.165, 1.54) is 31.5 Å². The maximum Gasteiger partial charge on any atom is 0.273 e. The van der Waals surface area contributed by atoms with Gasteiger partial charge < -0.3 is 9.47 Å². The van der Waals surface area contributed by atoms with Gasteiger partial charge in [0, 0.05) is 22.2 Å². The number of carbonyl (C=O) groups is 1. The molecule has 0 unspecified atom stereocenters. The van der Waals surface area contributed by atoms with E-state index in [2.05, 4.69) is 26.5 Å².